The van der Waals surface area contributed by atoms with Crippen molar-refractivity contribution in [2.24, 2.45) is 18.4 Å². The average Bonchev–Trinajstić information content (AvgIpc) is 3.21. The van der Waals surface area contributed by atoms with E-state index in [4.69, 9.17) is 27.9 Å². The minimum atomic E-state index is -2.95. The van der Waals surface area contributed by atoms with Crippen LogP contribution in [0.25, 0.3) is 10.9 Å². The first-order valence-electron chi connectivity index (χ1n) is 13.6. The van der Waals surface area contributed by atoms with Gasteiger partial charge in [-0.1, -0.05) is 23.2 Å². The number of carbonyl (C=O) groups excluding carboxylic acids is 2. The molecule has 1 aliphatic heterocycles. The van der Waals surface area contributed by atoms with Crippen LogP contribution in [0.1, 0.15) is 73.3 Å². The lowest BCUT2D eigenvalue weighted by molar-refractivity contribution is -0.157. The highest BCUT2D eigenvalue weighted by Crippen LogP contribution is 2.38. The summed E-state index contributed by atoms with van der Waals surface area (Å²) in [5.41, 5.74) is 2.60. The first kappa shape index (κ1) is 30.3. The molecule has 216 valence electrons. The number of hydrogen-bond donors (Lipinski definition) is 0. The number of rotatable bonds is 7. The number of alkyl halides is 2. The number of likely N-dealkylation sites (tertiary alicyclic amines) is 1. The Morgan fingerprint density at radius 3 is 2.33 bits per heavy atom. The van der Waals surface area contributed by atoms with E-state index in [1.807, 2.05) is 38.5 Å². The predicted molar refractivity (Wildman–Crippen MR) is 156 cm³/mol. The molecular formula is C31H36Cl2F2N2O3. The van der Waals surface area contributed by atoms with Gasteiger partial charge in [0.15, 0.2) is 0 Å². The highest BCUT2D eigenvalue weighted by atomic mass is 35.5. The van der Waals surface area contributed by atoms with Gasteiger partial charge in [-0.15, -0.1) is 0 Å². The molecule has 1 fully saturated rings. The van der Waals surface area contributed by atoms with E-state index in [0.717, 1.165) is 23.6 Å². The van der Waals surface area contributed by atoms with E-state index in [9.17, 15) is 18.4 Å². The standard InChI is InChI=1S/C31H36Cl2F2N2O3/c1-7-40-29(39)30(3,4)19-10-12-37(13-11-19)28(38)22-8-9-25(32)24(27(22)33)17-21-16-23-18(2)14-20(31(5,34)35)15-26(23)36(21)6/h8-9,14-16,19H,7,10-13,17H2,1-6H3. The largest absolute Gasteiger partial charge is 0.466 e. The molecular weight excluding hydrogens is 557 g/mol. The zero-order valence-corrected chi connectivity index (χ0v) is 25.3. The number of carbonyl (C=O) groups is 2. The van der Waals surface area contributed by atoms with Gasteiger partial charge in [0.05, 0.1) is 22.6 Å². The van der Waals surface area contributed by atoms with Gasteiger partial charge in [0.2, 0.25) is 0 Å². The Labute approximate surface area is 244 Å². The van der Waals surface area contributed by atoms with Crippen molar-refractivity contribution in [1.29, 1.82) is 0 Å². The minimum Gasteiger partial charge on any atom is -0.466 e. The van der Waals surface area contributed by atoms with Gasteiger partial charge < -0.3 is 14.2 Å². The molecule has 4 rings (SSSR count). The van der Waals surface area contributed by atoms with E-state index in [1.54, 1.807) is 24.0 Å². The van der Waals surface area contributed by atoms with Gasteiger partial charge in [-0.05, 0) is 87.9 Å². The van der Waals surface area contributed by atoms with Gasteiger partial charge >= 0.3 is 5.97 Å². The van der Waals surface area contributed by atoms with Crippen molar-refractivity contribution in [2.75, 3.05) is 19.7 Å². The van der Waals surface area contributed by atoms with Crippen molar-refractivity contribution in [3.05, 3.63) is 68.3 Å². The van der Waals surface area contributed by atoms with E-state index >= 15 is 0 Å². The molecule has 0 radical (unpaired) electrons. The van der Waals surface area contributed by atoms with Crippen LogP contribution in [0.5, 0.6) is 0 Å². The Balaban J connectivity index is 1.57. The van der Waals surface area contributed by atoms with Crippen LogP contribution in [-0.2, 0) is 28.9 Å². The third-order valence-electron chi connectivity index (χ3n) is 8.35. The summed E-state index contributed by atoms with van der Waals surface area (Å²) in [6.07, 6.45) is 1.70. The maximum atomic E-state index is 14.1. The predicted octanol–water partition coefficient (Wildman–Crippen LogP) is 7.94. The van der Waals surface area contributed by atoms with E-state index in [-0.39, 0.29) is 28.4 Å². The monoisotopic (exact) mass is 592 g/mol. The lowest BCUT2D eigenvalue weighted by Gasteiger charge is -2.39. The fraction of sp³-hybridized carbons (Fsp3) is 0.484. The molecule has 0 aliphatic carbocycles. The summed E-state index contributed by atoms with van der Waals surface area (Å²) < 4.78 is 35.3. The van der Waals surface area contributed by atoms with Crippen LogP contribution in [0, 0.1) is 18.3 Å². The van der Waals surface area contributed by atoms with Gasteiger partial charge in [-0.25, -0.2) is 8.78 Å². The minimum absolute atomic E-state index is 0.0386. The highest BCUT2D eigenvalue weighted by Gasteiger charge is 2.40. The number of benzene rings is 2. The maximum absolute atomic E-state index is 14.1. The number of hydrogen-bond acceptors (Lipinski definition) is 3. The van der Waals surface area contributed by atoms with Gasteiger partial charge in [-0.2, -0.15) is 0 Å². The van der Waals surface area contributed by atoms with Crippen molar-refractivity contribution < 1.29 is 23.1 Å². The van der Waals surface area contributed by atoms with Crippen molar-refractivity contribution in [2.45, 2.75) is 59.8 Å². The Morgan fingerprint density at radius 2 is 1.73 bits per heavy atom. The fourth-order valence-corrected chi connectivity index (χ4v) is 6.24. The Hall–Kier alpha value is -2.64. The SMILES string of the molecule is CCOC(=O)C(C)(C)C1CCN(C(=O)c2ccc(Cl)c(Cc3cc4c(C)cc(C(C)(F)F)cc4n3C)c2Cl)CC1. The van der Waals surface area contributed by atoms with Crippen LogP contribution < -0.4 is 0 Å². The summed E-state index contributed by atoms with van der Waals surface area (Å²) in [4.78, 5) is 27.8. The second-order valence-corrected chi connectivity index (χ2v) is 12.2. The lowest BCUT2D eigenvalue weighted by atomic mass is 9.73. The van der Waals surface area contributed by atoms with Crippen molar-refractivity contribution >= 4 is 46.0 Å². The summed E-state index contributed by atoms with van der Waals surface area (Å²) in [6.45, 7) is 9.66. The zero-order valence-electron chi connectivity index (χ0n) is 23.8. The normalized spacial score (nSPS) is 15.1. The number of ether oxygens (including phenoxy) is 1. The molecule has 0 unspecified atom stereocenters. The quantitative estimate of drug-likeness (QED) is 0.262. The van der Waals surface area contributed by atoms with E-state index in [2.05, 4.69) is 0 Å². The second-order valence-electron chi connectivity index (χ2n) is 11.4. The number of aromatic nitrogens is 1. The highest BCUT2D eigenvalue weighted by molar-refractivity contribution is 6.38. The van der Waals surface area contributed by atoms with Crippen LogP contribution >= 0.6 is 23.2 Å². The molecule has 3 aromatic rings. The molecule has 1 aromatic heterocycles. The Kier molecular flexibility index (Phi) is 8.58. The smallest absolute Gasteiger partial charge is 0.311 e. The number of fused-ring (bicyclic) bond motifs is 1. The summed E-state index contributed by atoms with van der Waals surface area (Å²) in [5.74, 6) is -3.24. The molecule has 0 atom stereocenters. The number of aryl methyl sites for hydroxylation is 2. The molecule has 5 nitrogen and oxygen atoms in total. The molecule has 1 saturated heterocycles. The molecule has 40 heavy (non-hydrogen) atoms. The van der Waals surface area contributed by atoms with Crippen LogP contribution in [0.4, 0.5) is 8.78 Å². The summed E-state index contributed by atoms with van der Waals surface area (Å²) >= 11 is 13.4. The van der Waals surface area contributed by atoms with Crippen LogP contribution in [0.3, 0.4) is 0 Å². The maximum Gasteiger partial charge on any atom is 0.311 e. The fourth-order valence-electron chi connectivity index (χ4n) is 5.65. The Morgan fingerprint density at radius 1 is 1.07 bits per heavy atom. The number of piperidine rings is 1. The van der Waals surface area contributed by atoms with Crippen molar-refractivity contribution in [1.82, 2.24) is 9.47 Å². The molecule has 1 aliphatic rings. The van der Waals surface area contributed by atoms with E-state index in [1.165, 1.54) is 12.1 Å². The van der Waals surface area contributed by atoms with Gasteiger partial charge in [0.25, 0.3) is 11.8 Å². The number of esters is 1. The third-order valence-corrected chi connectivity index (χ3v) is 9.14. The summed E-state index contributed by atoms with van der Waals surface area (Å²) in [7, 11) is 1.83. The second kappa shape index (κ2) is 11.3. The van der Waals surface area contributed by atoms with Crippen molar-refractivity contribution in [3.63, 3.8) is 0 Å². The van der Waals surface area contributed by atoms with Gasteiger partial charge in [0.1, 0.15) is 0 Å². The van der Waals surface area contributed by atoms with Crippen LogP contribution in [0.2, 0.25) is 10.0 Å². The molecule has 1 amide bonds. The average molecular weight is 594 g/mol. The number of halogens is 4. The van der Waals surface area contributed by atoms with Crippen LogP contribution in [0.15, 0.2) is 30.3 Å². The molecule has 2 aromatic carbocycles. The Bertz CT molecular complexity index is 1450. The van der Waals surface area contributed by atoms with E-state index < -0.39 is 11.3 Å². The first-order chi connectivity index (χ1) is 18.7. The molecule has 2 heterocycles. The third kappa shape index (κ3) is 5.73. The van der Waals surface area contributed by atoms with Crippen LogP contribution in [-0.4, -0.2) is 41.0 Å². The molecule has 9 heteroatoms. The number of nitrogens with zero attached hydrogens (tertiary/aromatic N) is 2. The molecule has 0 N–H and O–H groups in total. The molecule has 0 spiro atoms. The molecule has 0 saturated carbocycles. The number of amides is 1. The topological polar surface area (TPSA) is 51.5 Å². The van der Waals surface area contributed by atoms with Gasteiger partial charge in [0, 0.05) is 60.7 Å². The first-order valence-corrected chi connectivity index (χ1v) is 14.3. The van der Waals surface area contributed by atoms with E-state index in [0.29, 0.717) is 60.6 Å². The van der Waals surface area contributed by atoms with Crippen molar-refractivity contribution in [3.8, 4) is 0 Å². The lowest BCUT2D eigenvalue weighted by Crippen LogP contribution is -2.44. The van der Waals surface area contributed by atoms with Gasteiger partial charge in [-0.3, -0.25) is 9.59 Å². The zero-order chi connectivity index (χ0) is 29.6. The molecule has 0 bridgehead atoms. The summed E-state index contributed by atoms with van der Waals surface area (Å²) in [5, 5.41) is 1.59. The summed E-state index contributed by atoms with van der Waals surface area (Å²) in [6, 6.07) is 8.31.